The maximum absolute atomic E-state index is 13.3. The van der Waals surface area contributed by atoms with E-state index in [2.05, 4.69) is 67.3 Å². The average molecular weight is 423 g/mol. The highest BCUT2D eigenvalue weighted by Gasteiger charge is 1.99. The number of fused-ring (bicyclic) bond motifs is 1. The van der Waals surface area contributed by atoms with Crippen LogP contribution in [0.5, 0.6) is 5.75 Å². The standard InChI is InChI=1S/C30H27FO/c1-2-3-20-32-30-18-13-25(14-19-30)9-8-23-4-6-24(7-5-23)10-11-26-12-15-28-22-29(31)17-16-27(28)21-26/h4-7,12-19,21-22H,2-3,8-9,20H2,1H3. The third-order valence-electron chi connectivity index (χ3n) is 5.50. The molecule has 0 saturated heterocycles. The molecule has 32 heavy (non-hydrogen) atoms. The van der Waals surface area contributed by atoms with E-state index in [9.17, 15) is 4.39 Å². The molecule has 4 aromatic carbocycles. The molecule has 0 spiro atoms. The van der Waals surface area contributed by atoms with Gasteiger partial charge in [-0.3, -0.25) is 0 Å². The van der Waals surface area contributed by atoms with Crippen LogP contribution in [0.2, 0.25) is 0 Å². The van der Waals surface area contributed by atoms with E-state index in [1.807, 2.05) is 18.2 Å². The number of unbranched alkanes of at least 4 members (excludes halogenated alkanes) is 1. The van der Waals surface area contributed by atoms with Crippen molar-refractivity contribution >= 4 is 10.8 Å². The van der Waals surface area contributed by atoms with Crippen molar-refractivity contribution in [2.24, 2.45) is 0 Å². The number of hydrogen-bond donors (Lipinski definition) is 0. The predicted molar refractivity (Wildman–Crippen MR) is 131 cm³/mol. The number of hydrogen-bond acceptors (Lipinski definition) is 1. The third kappa shape index (κ3) is 5.99. The van der Waals surface area contributed by atoms with Crippen molar-refractivity contribution in [3.05, 3.63) is 113 Å². The van der Waals surface area contributed by atoms with Crippen molar-refractivity contribution in [3.63, 3.8) is 0 Å². The van der Waals surface area contributed by atoms with E-state index in [0.29, 0.717) is 0 Å². The summed E-state index contributed by atoms with van der Waals surface area (Å²) in [5.74, 6) is 7.17. The van der Waals surface area contributed by atoms with Gasteiger partial charge >= 0.3 is 0 Å². The minimum atomic E-state index is -0.218. The fourth-order valence-corrected chi connectivity index (χ4v) is 3.57. The monoisotopic (exact) mass is 422 g/mol. The molecule has 0 radical (unpaired) electrons. The molecule has 1 nitrogen and oxygen atoms in total. The van der Waals surface area contributed by atoms with Crippen LogP contribution >= 0.6 is 0 Å². The van der Waals surface area contributed by atoms with E-state index < -0.39 is 0 Å². The molecule has 0 fully saturated rings. The minimum absolute atomic E-state index is 0.218. The lowest BCUT2D eigenvalue weighted by Gasteiger charge is -2.07. The Bertz CT molecular complexity index is 1230. The third-order valence-corrected chi connectivity index (χ3v) is 5.50. The first-order valence-electron chi connectivity index (χ1n) is 11.2. The van der Waals surface area contributed by atoms with Crippen LogP contribution in [0.4, 0.5) is 4.39 Å². The first-order valence-corrected chi connectivity index (χ1v) is 11.2. The van der Waals surface area contributed by atoms with Crippen molar-refractivity contribution in [3.8, 4) is 17.6 Å². The highest BCUT2D eigenvalue weighted by atomic mass is 19.1. The molecule has 4 rings (SSSR count). The second kappa shape index (κ2) is 10.6. The van der Waals surface area contributed by atoms with Crippen LogP contribution < -0.4 is 4.74 Å². The molecule has 0 N–H and O–H groups in total. The van der Waals surface area contributed by atoms with Crippen LogP contribution in [0.25, 0.3) is 10.8 Å². The van der Waals surface area contributed by atoms with Gasteiger partial charge in [-0.1, -0.05) is 61.6 Å². The molecule has 0 bridgehead atoms. The molecule has 0 unspecified atom stereocenters. The predicted octanol–water partition coefficient (Wildman–Crippen LogP) is 7.34. The van der Waals surface area contributed by atoms with Gasteiger partial charge in [-0.15, -0.1) is 0 Å². The molecule has 160 valence electrons. The zero-order chi connectivity index (χ0) is 22.2. The SMILES string of the molecule is CCCCOc1ccc(CCc2ccc(C#Cc3ccc4cc(F)ccc4c3)cc2)cc1. The lowest BCUT2D eigenvalue weighted by atomic mass is 10.0. The van der Waals surface area contributed by atoms with Crippen LogP contribution in [-0.4, -0.2) is 6.61 Å². The van der Waals surface area contributed by atoms with Gasteiger partial charge in [0.25, 0.3) is 0 Å². The van der Waals surface area contributed by atoms with E-state index in [1.54, 1.807) is 12.1 Å². The van der Waals surface area contributed by atoms with Crippen molar-refractivity contribution in [2.75, 3.05) is 6.61 Å². The first-order chi connectivity index (χ1) is 15.7. The van der Waals surface area contributed by atoms with E-state index in [-0.39, 0.29) is 5.82 Å². The summed E-state index contributed by atoms with van der Waals surface area (Å²) in [7, 11) is 0. The van der Waals surface area contributed by atoms with Crippen molar-refractivity contribution in [1.82, 2.24) is 0 Å². The summed E-state index contributed by atoms with van der Waals surface area (Å²) in [5, 5.41) is 1.88. The van der Waals surface area contributed by atoms with E-state index in [4.69, 9.17) is 4.74 Å². The summed E-state index contributed by atoms with van der Waals surface area (Å²) < 4.78 is 19.1. The molecular formula is C30H27FO. The number of benzene rings is 4. The normalized spacial score (nSPS) is 10.6. The van der Waals surface area contributed by atoms with Gasteiger partial charge in [0.1, 0.15) is 11.6 Å². The molecule has 0 heterocycles. The topological polar surface area (TPSA) is 9.23 Å². The van der Waals surface area contributed by atoms with E-state index >= 15 is 0 Å². The molecule has 0 atom stereocenters. The maximum Gasteiger partial charge on any atom is 0.123 e. The fourth-order valence-electron chi connectivity index (χ4n) is 3.57. The van der Waals surface area contributed by atoms with Gasteiger partial charge in [0.15, 0.2) is 0 Å². The number of ether oxygens (including phenoxy) is 1. The molecule has 2 heteroatoms. The molecular weight excluding hydrogens is 395 g/mol. The van der Waals surface area contributed by atoms with Gasteiger partial charge in [0, 0.05) is 11.1 Å². The number of aryl methyl sites for hydroxylation is 2. The summed E-state index contributed by atoms with van der Waals surface area (Å²) >= 11 is 0. The van der Waals surface area contributed by atoms with Gasteiger partial charge < -0.3 is 4.74 Å². The lowest BCUT2D eigenvalue weighted by Crippen LogP contribution is -1.97. The summed E-state index contributed by atoms with van der Waals surface area (Å²) in [6, 6.07) is 27.5. The van der Waals surface area contributed by atoms with E-state index in [0.717, 1.165) is 59.9 Å². The second-order valence-electron chi connectivity index (χ2n) is 8.00. The van der Waals surface area contributed by atoms with Gasteiger partial charge in [-0.25, -0.2) is 4.39 Å². The van der Waals surface area contributed by atoms with Gasteiger partial charge in [-0.2, -0.15) is 0 Å². The van der Waals surface area contributed by atoms with Gasteiger partial charge in [0.2, 0.25) is 0 Å². The molecule has 0 saturated carbocycles. The molecule has 0 aliphatic heterocycles. The highest BCUT2D eigenvalue weighted by Crippen LogP contribution is 2.18. The smallest absolute Gasteiger partial charge is 0.123 e. The highest BCUT2D eigenvalue weighted by molar-refractivity contribution is 5.83. The fraction of sp³-hybridized carbons (Fsp3) is 0.200. The van der Waals surface area contributed by atoms with Crippen molar-refractivity contribution in [2.45, 2.75) is 32.6 Å². The Morgan fingerprint density at radius 2 is 1.28 bits per heavy atom. The largest absolute Gasteiger partial charge is 0.494 e. The van der Waals surface area contributed by atoms with E-state index in [1.165, 1.54) is 17.2 Å². The summed E-state index contributed by atoms with van der Waals surface area (Å²) in [6.07, 6.45) is 4.22. The van der Waals surface area contributed by atoms with Crippen LogP contribution in [0.3, 0.4) is 0 Å². The molecule has 0 aliphatic carbocycles. The summed E-state index contributed by atoms with van der Waals surface area (Å²) in [6.45, 7) is 2.95. The summed E-state index contributed by atoms with van der Waals surface area (Å²) in [5.41, 5.74) is 4.52. The van der Waals surface area contributed by atoms with Gasteiger partial charge in [-0.05, 0) is 89.7 Å². The number of halogens is 1. The lowest BCUT2D eigenvalue weighted by molar-refractivity contribution is 0.309. The van der Waals surface area contributed by atoms with Crippen LogP contribution in [0.1, 0.15) is 42.0 Å². The van der Waals surface area contributed by atoms with Crippen LogP contribution in [0, 0.1) is 17.7 Å². The first kappa shape index (κ1) is 21.7. The quantitative estimate of drug-likeness (QED) is 0.224. The molecule has 4 aromatic rings. The second-order valence-corrected chi connectivity index (χ2v) is 8.00. The zero-order valence-electron chi connectivity index (χ0n) is 18.4. The molecule has 0 aromatic heterocycles. The number of rotatable bonds is 7. The van der Waals surface area contributed by atoms with Crippen LogP contribution in [0.15, 0.2) is 84.9 Å². The van der Waals surface area contributed by atoms with Crippen molar-refractivity contribution in [1.29, 1.82) is 0 Å². The maximum atomic E-state index is 13.3. The molecule has 0 aliphatic rings. The Labute approximate surface area is 189 Å². The van der Waals surface area contributed by atoms with Gasteiger partial charge in [0.05, 0.1) is 6.61 Å². The average Bonchev–Trinajstić information content (AvgIpc) is 2.83. The van der Waals surface area contributed by atoms with Crippen molar-refractivity contribution < 1.29 is 9.13 Å². The summed E-state index contributed by atoms with van der Waals surface area (Å²) in [4.78, 5) is 0. The Kier molecular flexibility index (Phi) is 7.20. The Balaban J connectivity index is 1.33. The minimum Gasteiger partial charge on any atom is -0.494 e. The Hall–Kier alpha value is -3.57. The zero-order valence-corrected chi connectivity index (χ0v) is 18.4. The Morgan fingerprint density at radius 1 is 0.688 bits per heavy atom. The Morgan fingerprint density at radius 3 is 2.00 bits per heavy atom. The molecule has 0 amide bonds. The van der Waals surface area contributed by atoms with Crippen LogP contribution in [-0.2, 0) is 12.8 Å².